The summed E-state index contributed by atoms with van der Waals surface area (Å²) in [5.74, 6) is 0.815. The average molecular weight is 272 g/mol. The quantitative estimate of drug-likeness (QED) is 0.436. The summed E-state index contributed by atoms with van der Waals surface area (Å²) in [5, 5.41) is 0. The van der Waals surface area contributed by atoms with Crippen LogP contribution in [0.3, 0.4) is 0 Å². The second-order valence-corrected chi connectivity index (χ2v) is 7.43. The van der Waals surface area contributed by atoms with Gasteiger partial charge in [-0.3, -0.25) is 0 Å². The van der Waals surface area contributed by atoms with Crippen LogP contribution < -0.4 is 0 Å². The first-order valence-electron chi connectivity index (χ1n) is 8.44. The van der Waals surface area contributed by atoms with E-state index >= 15 is 0 Å². The zero-order valence-electron chi connectivity index (χ0n) is 14.2. The molecule has 0 aliphatic heterocycles. The largest absolute Gasteiger partial charge is 0.0853 e. The van der Waals surface area contributed by atoms with Crippen LogP contribution in [0.1, 0.15) is 79.6 Å². The zero-order valence-corrected chi connectivity index (χ0v) is 14.2. The summed E-state index contributed by atoms with van der Waals surface area (Å²) in [6, 6.07) is 0. The molecule has 2 atom stereocenters. The number of hydrogen-bond acceptors (Lipinski definition) is 0. The molecule has 0 aromatic heterocycles. The van der Waals surface area contributed by atoms with E-state index in [2.05, 4.69) is 46.8 Å². The van der Waals surface area contributed by atoms with Crippen LogP contribution in [0.2, 0.25) is 0 Å². The van der Waals surface area contributed by atoms with Crippen molar-refractivity contribution in [1.29, 1.82) is 0 Å². The number of rotatable bonds is 0. The van der Waals surface area contributed by atoms with Crippen molar-refractivity contribution in [2.45, 2.75) is 79.6 Å². The first-order chi connectivity index (χ1) is 9.43. The first-order valence-corrected chi connectivity index (χ1v) is 8.44. The van der Waals surface area contributed by atoms with E-state index in [9.17, 15) is 0 Å². The molecular formula is C20H32. The Kier molecular flexibility index (Phi) is 4.94. The van der Waals surface area contributed by atoms with Crippen molar-refractivity contribution in [1.82, 2.24) is 0 Å². The predicted molar refractivity (Wildman–Crippen MR) is 89.8 cm³/mol. The molecule has 0 amide bonds. The zero-order chi connectivity index (χ0) is 14.8. The summed E-state index contributed by atoms with van der Waals surface area (Å²) in [6.45, 7) is 12.0. The number of hydrogen-bond donors (Lipinski definition) is 0. The minimum absolute atomic E-state index is 0.395. The van der Waals surface area contributed by atoms with Gasteiger partial charge in [-0.25, -0.2) is 0 Å². The molecule has 0 saturated heterocycles. The van der Waals surface area contributed by atoms with Gasteiger partial charge in [0.2, 0.25) is 0 Å². The maximum atomic E-state index is 2.52. The third-order valence-electron chi connectivity index (χ3n) is 6.08. The van der Waals surface area contributed by atoms with Gasteiger partial charge in [-0.05, 0) is 77.0 Å². The third kappa shape index (κ3) is 3.27. The van der Waals surface area contributed by atoms with Crippen LogP contribution in [-0.4, -0.2) is 0 Å². The van der Waals surface area contributed by atoms with Crippen molar-refractivity contribution in [3.8, 4) is 0 Å². The van der Waals surface area contributed by atoms with Crippen LogP contribution in [0.15, 0.2) is 34.4 Å². The minimum atomic E-state index is 0.395. The molecule has 0 saturated carbocycles. The van der Waals surface area contributed by atoms with Crippen molar-refractivity contribution in [3.63, 3.8) is 0 Å². The molecule has 0 heteroatoms. The van der Waals surface area contributed by atoms with Crippen LogP contribution in [0.25, 0.3) is 0 Å². The summed E-state index contributed by atoms with van der Waals surface area (Å²) in [5.41, 5.74) is 7.01. The lowest BCUT2D eigenvalue weighted by Crippen LogP contribution is -2.31. The monoisotopic (exact) mass is 272 g/mol. The summed E-state index contributed by atoms with van der Waals surface area (Å²) in [7, 11) is 0. The maximum Gasteiger partial charge on any atom is -0.00562 e. The van der Waals surface area contributed by atoms with Gasteiger partial charge in [0.1, 0.15) is 0 Å². The second kappa shape index (κ2) is 6.33. The number of allylic oxidation sites excluding steroid dienone is 6. The molecule has 0 N–H and O–H groups in total. The molecule has 112 valence electrons. The van der Waals surface area contributed by atoms with E-state index in [1.807, 2.05) is 0 Å². The highest BCUT2D eigenvalue weighted by Gasteiger charge is 2.36. The van der Waals surface area contributed by atoms with E-state index in [-0.39, 0.29) is 0 Å². The highest BCUT2D eigenvalue weighted by Crippen LogP contribution is 2.48. The van der Waals surface area contributed by atoms with Crippen molar-refractivity contribution in [3.05, 3.63) is 34.4 Å². The van der Waals surface area contributed by atoms with Crippen LogP contribution in [0, 0.1) is 11.3 Å². The molecule has 0 aromatic rings. The van der Waals surface area contributed by atoms with Crippen molar-refractivity contribution >= 4 is 0 Å². The van der Waals surface area contributed by atoms with E-state index < -0.39 is 0 Å². The highest BCUT2D eigenvalue weighted by atomic mass is 14.4. The van der Waals surface area contributed by atoms with Gasteiger partial charge < -0.3 is 0 Å². The normalized spacial score (nSPS) is 38.1. The van der Waals surface area contributed by atoms with Gasteiger partial charge in [0, 0.05) is 0 Å². The van der Waals surface area contributed by atoms with E-state index in [0.29, 0.717) is 5.41 Å². The molecule has 2 aliphatic carbocycles. The molecule has 0 fully saturated rings. The standard InChI is InChI=1S/C20H32/c1-15-7-6-8-16(2)13-14-20(5)17(3)10-12-19(11-9-15)18(20)4/h7,13,17H,6,8-12,14H2,1-5H3/b15-7+,16-13+/t17-,20-/m1/s1. The van der Waals surface area contributed by atoms with Gasteiger partial charge in [0.25, 0.3) is 0 Å². The second-order valence-electron chi connectivity index (χ2n) is 7.43. The topological polar surface area (TPSA) is 0 Å². The molecule has 0 unspecified atom stereocenters. The van der Waals surface area contributed by atoms with E-state index in [1.165, 1.54) is 44.9 Å². The lowest BCUT2D eigenvalue weighted by atomic mass is 9.63. The van der Waals surface area contributed by atoms with Gasteiger partial charge >= 0.3 is 0 Å². The fourth-order valence-electron chi connectivity index (χ4n) is 3.82. The van der Waals surface area contributed by atoms with Crippen molar-refractivity contribution < 1.29 is 0 Å². The summed E-state index contributed by atoms with van der Waals surface area (Å²) < 4.78 is 0. The number of fused-ring (bicyclic) bond motifs is 1. The van der Waals surface area contributed by atoms with Crippen LogP contribution in [0.4, 0.5) is 0 Å². The van der Waals surface area contributed by atoms with Gasteiger partial charge in [-0.1, -0.05) is 48.3 Å². The van der Waals surface area contributed by atoms with Crippen LogP contribution >= 0.6 is 0 Å². The SMILES string of the molecule is CC1=C2CC/C(C)=C/CC/C(C)=C/C[C@]1(C)[C@H](C)CC2. The van der Waals surface area contributed by atoms with Crippen LogP contribution in [0.5, 0.6) is 0 Å². The first kappa shape index (κ1) is 15.6. The van der Waals surface area contributed by atoms with E-state index in [4.69, 9.17) is 0 Å². The lowest BCUT2D eigenvalue weighted by molar-refractivity contribution is 0.223. The van der Waals surface area contributed by atoms with E-state index in [1.54, 1.807) is 22.3 Å². The average Bonchev–Trinajstić information content (AvgIpc) is 2.41. The van der Waals surface area contributed by atoms with Gasteiger partial charge in [-0.2, -0.15) is 0 Å². The summed E-state index contributed by atoms with van der Waals surface area (Å²) >= 11 is 0. The van der Waals surface area contributed by atoms with Crippen molar-refractivity contribution in [2.24, 2.45) is 11.3 Å². The Labute approximate surface area is 126 Å². The Morgan fingerprint density at radius 3 is 2.40 bits per heavy atom. The van der Waals surface area contributed by atoms with E-state index in [0.717, 1.165) is 5.92 Å². The Balaban J connectivity index is 2.36. The molecule has 0 nitrogen and oxygen atoms in total. The maximum absolute atomic E-state index is 2.52. The Hall–Kier alpha value is -0.780. The predicted octanol–water partition coefficient (Wildman–Crippen LogP) is 6.60. The Bertz CT molecular complexity index is 447. The van der Waals surface area contributed by atoms with Gasteiger partial charge in [-0.15, -0.1) is 0 Å². The van der Waals surface area contributed by atoms with Gasteiger partial charge in [0.05, 0.1) is 0 Å². The lowest BCUT2D eigenvalue weighted by Gasteiger charge is -2.42. The molecule has 2 rings (SSSR count). The fourth-order valence-corrected chi connectivity index (χ4v) is 3.82. The molecule has 0 spiro atoms. The van der Waals surface area contributed by atoms with Crippen LogP contribution in [-0.2, 0) is 0 Å². The molecule has 2 bridgehead atoms. The molecule has 0 heterocycles. The molecular weight excluding hydrogens is 240 g/mol. The molecule has 0 radical (unpaired) electrons. The molecule has 2 aliphatic rings. The Morgan fingerprint density at radius 1 is 0.950 bits per heavy atom. The molecule has 0 aromatic carbocycles. The van der Waals surface area contributed by atoms with Crippen molar-refractivity contribution in [2.75, 3.05) is 0 Å². The summed E-state index contributed by atoms with van der Waals surface area (Å²) in [4.78, 5) is 0. The van der Waals surface area contributed by atoms with Gasteiger partial charge in [0.15, 0.2) is 0 Å². The smallest absolute Gasteiger partial charge is 0.00562 e. The third-order valence-corrected chi connectivity index (χ3v) is 6.08. The highest BCUT2D eigenvalue weighted by molar-refractivity contribution is 5.27. The minimum Gasteiger partial charge on any atom is -0.0853 e. The fraction of sp³-hybridized carbons (Fsp3) is 0.700. The Morgan fingerprint density at radius 2 is 1.65 bits per heavy atom. The molecule has 20 heavy (non-hydrogen) atoms. The summed E-state index contributed by atoms with van der Waals surface area (Å²) in [6.07, 6.45) is 13.9.